The zero-order chi connectivity index (χ0) is 15.0. The Labute approximate surface area is 156 Å². The van der Waals surface area contributed by atoms with Crippen LogP contribution in [0.3, 0.4) is 0 Å². The molecule has 3 rings (SSSR count). The lowest BCUT2D eigenvalue weighted by molar-refractivity contribution is 0.102. The van der Waals surface area contributed by atoms with Crippen LogP contribution in [0.2, 0.25) is 0 Å². The first-order valence-corrected chi connectivity index (χ1v) is 8.98. The summed E-state index contributed by atoms with van der Waals surface area (Å²) in [6.45, 7) is 2.05. The average molecular weight is 462 g/mol. The van der Waals surface area contributed by atoms with Crippen LogP contribution in [0.1, 0.15) is 15.2 Å². The van der Waals surface area contributed by atoms with Crippen LogP contribution in [-0.4, -0.2) is 21.1 Å². The second kappa shape index (κ2) is 7.29. The number of carbonyl (C=O) groups is 1. The van der Waals surface area contributed by atoms with E-state index in [-0.39, 0.29) is 22.8 Å². The predicted octanol–water partition coefficient (Wildman–Crippen LogP) is 5.26. The van der Waals surface area contributed by atoms with Crippen molar-refractivity contribution in [1.29, 1.82) is 0 Å². The highest BCUT2D eigenvalue weighted by atomic mass is 79.9. The van der Waals surface area contributed by atoms with E-state index in [1.807, 2.05) is 23.7 Å². The van der Waals surface area contributed by atoms with E-state index in [1.54, 1.807) is 0 Å². The number of Topliss-reactive ketones (excluding diaryl/α,β-unsaturated/α-hetero) is 1. The molecular formula is C15H14Br2N2OS2. The van der Waals surface area contributed by atoms with Gasteiger partial charge in [-0.3, -0.25) is 4.79 Å². The Hall–Kier alpha value is -0.630. The molecule has 0 N–H and O–H groups in total. The van der Waals surface area contributed by atoms with Crippen molar-refractivity contribution in [2.45, 2.75) is 12.1 Å². The van der Waals surface area contributed by atoms with Gasteiger partial charge < -0.3 is 4.57 Å². The van der Waals surface area contributed by atoms with Crippen molar-refractivity contribution in [3.8, 4) is 0 Å². The third kappa shape index (κ3) is 3.64. The summed E-state index contributed by atoms with van der Waals surface area (Å²) < 4.78 is 3.02. The summed E-state index contributed by atoms with van der Waals surface area (Å²) in [6.07, 6.45) is 0. The average Bonchev–Trinajstić information content (AvgIpc) is 3.01. The maximum Gasteiger partial charge on any atom is 0.183 e. The number of fused-ring (bicyclic) bond motifs is 1. The molecule has 2 aromatic heterocycles. The van der Waals surface area contributed by atoms with E-state index in [4.69, 9.17) is 0 Å². The van der Waals surface area contributed by atoms with Crippen LogP contribution in [0, 0.1) is 6.92 Å². The van der Waals surface area contributed by atoms with Gasteiger partial charge in [-0.25, -0.2) is 4.98 Å². The Morgan fingerprint density at radius 2 is 2.14 bits per heavy atom. The summed E-state index contributed by atoms with van der Waals surface area (Å²) in [6, 6.07) is 9.97. The fraction of sp³-hybridized carbons (Fsp3) is 0.200. The van der Waals surface area contributed by atoms with Crippen LogP contribution in [0.15, 0.2) is 39.3 Å². The number of benzene rings is 1. The SMILES string of the molecule is Br.Cc1ccc2c(c1)nc(SCC(=O)c1ccc(Br)s1)n2C. The van der Waals surface area contributed by atoms with Crippen LogP contribution in [0.4, 0.5) is 0 Å². The molecule has 22 heavy (non-hydrogen) atoms. The van der Waals surface area contributed by atoms with Crippen LogP contribution < -0.4 is 0 Å². The summed E-state index contributed by atoms with van der Waals surface area (Å²) in [5.41, 5.74) is 3.26. The van der Waals surface area contributed by atoms with Gasteiger partial charge in [0.1, 0.15) is 0 Å². The minimum absolute atomic E-state index is 0. The molecular weight excluding hydrogens is 448 g/mol. The van der Waals surface area contributed by atoms with Gasteiger partial charge >= 0.3 is 0 Å². The van der Waals surface area contributed by atoms with Crippen molar-refractivity contribution in [3.05, 3.63) is 44.6 Å². The number of rotatable bonds is 4. The van der Waals surface area contributed by atoms with Gasteiger partial charge in [0, 0.05) is 7.05 Å². The Kier molecular flexibility index (Phi) is 5.87. The number of carbonyl (C=O) groups excluding carboxylic acids is 1. The molecule has 0 atom stereocenters. The minimum Gasteiger partial charge on any atom is -0.322 e. The van der Waals surface area contributed by atoms with Crippen LogP contribution in [-0.2, 0) is 7.05 Å². The van der Waals surface area contributed by atoms with E-state index in [9.17, 15) is 4.79 Å². The van der Waals surface area contributed by atoms with Crippen molar-refractivity contribution in [3.63, 3.8) is 0 Å². The van der Waals surface area contributed by atoms with Gasteiger partial charge in [0.15, 0.2) is 10.9 Å². The third-order valence-corrected chi connectivity index (χ3v) is 5.87. The zero-order valence-corrected chi connectivity index (χ0v) is 16.9. The van der Waals surface area contributed by atoms with Gasteiger partial charge in [0.05, 0.1) is 25.4 Å². The molecule has 0 aliphatic rings. The fourth-order valence-corrected chi connectivity index (χ4v) is 4.37. The van der Waals surface area contributed by atoms with Gasteiger partial charge in [-0.05, 0) is 52.7 Å². The summed E-state index contributed by atoms with van der Waals surface area (Å²) in [5, 5.41) is 0.875. The monoisotopic (exact) mass is 460 g/mol. The van der Waals surface area contributed by atoms with Gasteiger partial charge in [-0.15, -0.1) is 28.3 Å². The molecule has 116 valence electrons. The van der Waals surface area contributed by atoms with Crippen LogP contribution in [0.5, 0.6) is 0 Å². The molecule has 0 saturated heterocycles. The number of aromatic nitrogens is 2. The Morgan fingerprint density at radius 3 is 2.82 bits per heavy atom. The van der Waals surface area contributed by atoms with E-state index in [0.29, 0.717) is 5.75 Å². The second-order valence-electron chi connectivity index (χ2n) is 4.76. The molecule has 0 aliphatic heterocycles. The van der Waals surface area contributed by atoms with Crippen molar-refractivity contribution in [2.75, 3.05) is 5.75 Å². The number of aryl methyl sites for hydroxylation is 2. The molecule has 3 aromatic rings. The Balaban J connectivity index is 0.00000176. The number of hydrogen-bond donors (Lipinski definition) is 0. The third-order valence-electron chi connectivity index (χ3n) is 3.18. The molecule has 0 unspecified atom stereocenters. The highest BCUT2D eigenvalue weighted by molar-refractivity contribution is 9.11. The van der Waals surface area contributed by atoms with E-state index in [1.165, 1.54) is 28.7 Å². The van der Waals surface area contributed by atoms with Gasteiger partial charge in [-0.2, -0.15) is 0 Å². The highest BCUT2D eigenvalue weighted by Gasteiger charge is 2.13. The van der Waals surface area contributed by atoms with E-state index >= 15 is 0 Å². The van der Waals surface area contributed by atoms with E-state index < -0.39 is 0 Å². The number of thioether (sulfide) groups is 1. The number of hydrogen-bond acceptors (Lipinski definition) is 4. The maximum absolute atomic E-state index is 12.1. The Morgan fingerprint density at radius 1 is 1.36 bits per heavy atom. The Bertz CT molecular complexity index is 826. The molecule has 0 fully saturated rings. The predicted molar refractivity (Wildman–Crippen MR) is 103 cm³/mol. The molecule has 0 aliphatic carbocycles. The first kappa shape index (κ1) is 17.7. The first-order chi connectivity index (χ1) is 10.0. The smallest absolute Gasteiger partial charge is 0.183 e. The quantitative estimate of drug-likeness (QED) is 0.392. The van der Waals surface area contributed by atoms with Crippen LogP contribution >= 0.6 is 56.0 Å². The topological polar surface area (TPSA) is 34.9 Å². The molecule has 1 aromatic carbocycles. The molecule has 0 radical (unpaired) electrons. The van der Waals surface area contributed by atoms with Gasteiger partial charge in [-0.1, -0.05) is 17.8 Å². The summed E-state index contributed by atoms with van der Waals surface area (Å²) >= 11 is 6.33. The van der Waals surface area contributed by atoms with Crippen molar-refractivity contribution < 1.29 is 4.79 Å². The molecule has 3 nitrogen and oxygen atoms in total. The van der Waals surface area contributed by atoms with E-state index in [2.05, 4.69) is 46.0 Å². The standard InChI is InChI=1S/C15H13BrN2OS2.BrH/c1-9-3-4-11-10(7-9)17-15(18(11)2)20-8-12(19)13-5-6-14(16)21-13;/h3-7H,8H2,1-2H3;1H. The maximum atomic E-state index is 12.1. The van der Waals surface area contributed by atoms with Crippen molar-refractivity contribution in [2.24, 2.45) is 7.05 Å². The zero-order valence-electron chi connectivity index (χ0n) is 12.0. The van der Waals surface area contributed by atoms with Crippen molar-refractivity contribution in [1.82, 2.24) is 9.55 Å². The van der Waals surface area contributed by atoms with Crippen LogP contribution in [0.25, 0.3) is 11.0 Å². The lowest BCUT2D eigenvalue weighted by Gasteiger charge is -2.01. The number of thiophene rings is 1. The highest BCUT2D eigenvalue weighted by Crippen LogP contribution is 2.27. The molecule has 0 spiro atoms. The lowest BCUT2D eigenvalue weighted by Crippen LogP contribution is -2.01. The van der Waals surface area contributed by atoms with Gasteiger partial charge in [0.2, 0.25) is 0 Å². The molecule has 2 heterocycles. The largest absolute Gasteiger partial charge is 0.322 e. The second-order valence-corrected chi connectivity index (χ2v) is 8.17. The molecule has 0 amide bonds. The molecule has 0 saturated carbocycles. The van der Waals surface area contributed by atoms with Crippen molar-refractivity contribution >= 4 is 72.8 Å². The lowest BCUT2D eigenvalue weighted by atomic mass is 10.2. The summed E-state index contributed by atoms with van der Waals surface area (Å²) in [7, 11) is 1.99. The summed E-state index contributed by atoms with van der Waals surface area (Å²) in [4.78, 5) is 17.5. The number of ketones is 1. The number of halogens is 2. The van der Waals surface area contributed by atoms with E-state index in [0.717, 1.165) is 24.9 Å². The van der Waals surface area contributed by atoms with Gasteiger partial charge in [0.25, 0.3) is 0 Å². The first-order valence-electron chi connectivity index (χ1n) is 6.39. The number of imidazole rings is 1. The molecule has 7 heteroatoms. The molecule has 0 bridgehead atoms. The summed E-state index contributed by atoms with van der Waals surface area (Å²) in [5.74, 6) is 0.544. The minimum atomic E-state index is 0. The normalized spacial score (nSPS) is 10.7. The number of nitrogens with zero attached hydrogens (tertiary/aromatic N) is 2. The fourth-order valence-electron chi connectivity index (χ4n) is 2.08.